The molecule has 0 bridgehead atoms. The Balaban J connectivity index is 1.91. The summed E-state index contributed by atoms with van der Waals surface area (Å²) < 4.78 is 0. The summed E-state index contributed by atoms with van der Waals surface area (Å²) in [6, 6.07) is 16.8. The summed E-state index contributed by atoms with van der Waals surface area (Å²) in [5, 5.41) is 0. The second-order valence-electron chi connectivity index (χ2n) is 4.95. The molecule has 3 rings (SSSR count). The van der Waals surface area contributed by atoms with Crippen LogP contribution in [0.1, 0.15) is 11.4 Å². The molecule has 0 fully saturated rings. The third-order valence-electron chi connectivity index (χ3n) is 3.37. The van der Waals surface area contributed by atoms with Gasteiger partial charge in [-0.3, -0.25) is 9.97 Å². The summed E-state index contributed by atoms with van der Waals surface area (Å²) in [7, 11) is 0. The van der Waals surface area contributed by atoms with Gasteiger partial charge in [-0.25, -0.2) is 0 Å². The average molecular weight is 260 g/mol. The Morgan fingerprint density at radius 1 is 0.500 bits per heavy atom. The third kappa shape index (κ3) is 2.59. The Morgan fingerprint density at radius 3 is 1.15 bits per heavy atom. The van der Waals surface area contributed by atoms with Crippen molar-refractivity contribution in [3.05, 3.63) is 72.3 Å². The number of aryl methyl sites for hydroxylation is 2. The van der Waals surface area contributed by atoms with Gasteiger partial charge in [-0.1, -0.05) is 36.4 Å². The number of hydrogen-bond donors (Lipinski definition) is 0. The van der Waals surface area contributed by atoms with E-state index in [4.69, 9.17) is 0 Å². The summed E-state index contributed by atoms with van der Waals surface area (Å²) in [6.07, 6.45) is 3.83. The Kier molecular flexibility index (Phi) is 3.30. The van der Waals surface area contributed by atoms with E-state index in [2.05, 4.69) is 46.4 Å². The van der Waals surface area contributed by atoms with Crippen LogP contribution in [0.4, 0.5) is 0 Å². The van der Waals surface area contributed by atoms with Gasteiger partial charge in [-0.05, 0) is 37.1 Å². The number of nitrogens with zero attached hydrogens (tertiary/aromatic N) is 2. The first-order valence-electron chi connectivity index (χ1n) is 6.68. The van der Waals surface area contributed by atoms with Crippen molar-refractivity contribution >= 4 is 0 Å². The molecule has 0 amide bonds. The maximum Gasteiger partial charge on any atom is 0.0373 e. The number of benzene rings is 1. The normalized spacial score (nSPS) is 10.5. The Morgan fingerprint density at radius 2 is 0.850 bits per heavy atom. The van der Waals surface area contributed by atoms with Gasteiger partial charge in [0.2, 0.25) is 0 Å². The van der Waals surface area contributed by atoms with Crippen LogP contribution in [0.2, 0.25) is 0 Å². The minimum absolute atomic E-state index is 1.04. The quantitative estimate of drug-likeness (QED) is 0.681. The van der Waals surface area contributed by atoms with Crippen LogP contribution in [0.15, 0.2) is 60.9 Å². The van der Waals surface area contributed by atoms with Gasteiger partial charge >= 0.3 is 0 Å². The number of rotatable bonds is 2. The molecule has 0 spiro atoms. The SMILES string of the molecule is Cc1ccc(-c2ccc(-c3ccc(C)nc3)cc2)cn1. The fourth-order valence-corrected chi connectivity index (χ4v) is 2.13. The highest BCUT2D eigenvalue weighted by Gasteiger charge is 2.01. The molecule has 2 heteroatoms. The fourth-order valence-electron chi connectivity index (χ4n) is 2.13. The van der Waals surface area contributed by atoms with E-state index >= 15 is 0 Å². The number of aromatic nitrogens is 2. The second kappa shape index (κ2) is 5.25. The summed E-state index contributed by atoms with van der Waals surface area (Å²) in [5.74, 6) is 0. The molecule has 2 nitrogen and oxygen atoms in total. The topological polar surface area (TPSA) is 25.8 Å². The smallest absolute Gasteiger partial charge is 0.0373 e. The van der Waals surface area contributed by atoms with Gasteiger partial charge in [0, 0.05) is 34.9 Å². The molecule has 2 aromatic heterocycles. The standard InChI is InChI=1S/C18H16N2/c1-13-3-5-17(11-19-13)15-7-9-16(10-8-15)18-6-4-14(2)20-12-18/h3-12H,1-2H3. The molecular weight excluding hydrogens is 244 g/mol. The van der Waals surface area contributed by atoms with Crippen LogP contribution in [-0.4, -0.2) is 9.97 Å². The molecule has 0 atom stereocenters. The van der Waals surface area contributed by atoms with E-state index in [0.717, 1.165) is 22.5 Å². The van der Waals surface area contributed by atoms with E-state index in [1.807, 2.05) is 38.4 Å². The van der Waals surface area contributed by atoms with E-state index in [9.17, 15) is 0 Å². The average Bonchev–Trinajstić information content (AvgIpc) is 2.49. The van der Waals surface area contributed by atoms with Crippen molar-refractivity contribution in [2.75, 3.05) is 0 Å². The lowest BCUT2D eigenvalue weighted by Gasteiger charge is -2.05. The monoisotopic (exact) mass is 260 g/mol. The van der Waals surface area contributed by atoms with Crippen molar-refractivity contribution in [3.8, 4) is 22.3 Å². The molecule has 1 aromatic carbocycles. The van der Waals surface area contributed by atoms with Gasteiger partial charge in [-0.15, -0.1) is 0 Å². The van der Waals surface area contributed by atoms with E-state index in [0.29, 0.717) is 0 Å². The molecule has 0 saturated heterocycles. The van der Waals surface area contributed by atoms with Crippen molar-refractivity contribution < 1.29 is 0 Å². The van der Waals surface area contributed by atoms with Gasteiger partial charge in [-0.2, -0.15) is 0 Å². The van der Waals surface area contributed by atoms with Crippen molar-refractivity contribution in [3.63, 3.8) is 0 Å². The summed E-state index contributed by atoms with van der Waals surface area (Å²) in [6.45, 7) is 3.99. The van der Waals surface area contributed by atoms with Gasteiger partial charge in [0.15, 0.2) is 0 Å². The minimum atomic E-state index is 1.04. The zero-order valence-electron chi connectivity index (χ0n) is 11.7. The lowest BCUT2D eigenvalue weighted by atomic mass is 10.0. The lowest BCUT2D eigenvalue weighted by molar-refractivity contribution is 1.20. The molecule has 3 aromatic rings. The van der Waals surface area contributed by atoms with E-state index in [-0.39, 0.29) is 0 Å². The molecule has 0 unspecified atom stereocenters. The highest BCUT2D eigenvalue weighted by molar-refractivity contribution is 5.69. The molecule has 0 N–H and O–H groups in total. The third-order valence-corrected chi connectivity index (χ3v) is 3.37. The Hall–Kier alpha value is -2.48. The molecule has 0 aliphatic rings. The Bertz CT molecular complexity index is 631. The molecule has 0 radical (unpaired) electrons. The van der Waals surface area contributed by atoms with Crippen molar-refractivity contribution in [1.82, 2.24) is 9.97 Å². The van der Waals surface area contributed by atoms with E-state index in [1.54, 1.807) is 0 Å². The first-order chi connectivity index (χ1) is 9.72. The first-order valence-corrected chi connectivity index (χ1v) is 6.68. The molecule has 20 heavy (non-hydrogen) atoms. The van der Waals surface area contributed by atoms with Crippen LogP contribution in [0.5, 0.6) is 0 Å². The second-order valence-corrected chi connectivity index (χ2v) is 4.95. The van der Waals surface area contributed by atoms with Gasteiger partial charge < -0.3 is 0 Å². The fraction of sp³-hybridized carbons (Fsp3) is 0.111. The molecule has 0 aliphatic heterocycles. The zero-order valence-corrected chi connectivity index (χ0v) is 11.7. The molecular formula is C18H16N2. The molecule has 0 saturated carbocycles. The first kappa shape index (κ1) is 12.5. The van der Waals surface area contributed by atoms with Crippen molar-refractivity contribution in [2.24, 2.45) is 0 Å². The largest absolute Gasteiger partial charge is 0.261 e. The maximum atomic E-state index is 4.34. The van der Waals surface area contributed by atoms with Crippen LogP contribution in [0, 0.1) is 13.8 Å². The molecule has 0 aliphatic carbocycles. The number of pyridine rings is 2. The molecule has 98 valence electrons. The van der Waals surface area contributed by atoms with Crippen LogP contribution < -0.4 is 0 Å². The highest BCUT2D eigenvalue weighted by atomic mass is 14.7. The summed E-state index contributed by atoms with van der Waals surface area (Å²) >= 11 is 0. The zero-order chi connectivity index (χ0) is 13.9. The maximum absolute atomic E-state index is 4.34. The Labute approximate surface area is 119 Å². The van der Waals surface area contributed by atoms with Crippen LogP contribution in [0.25, 0.3) is 22.3 Å². The van der Waals surface area contributed by atoms with Crippen molar-refractivity contribution in [2.45, 2.75) is 13.8 Å². The van der Waals surface area contributed by atoms with E-state index in [1.165, 1.54) is 11.1 Å². The van der Waals surface area contributed by atoms with Crippen molar-refractivity contribution in [1.29, 1.82) is 0 Å². The lowest BCUT2D eigenvalue weighted by Crippen LogP contribution is -1.85. The summed E-state index contributed by atoms with van der Waals surface area (Å²) in [5.41, 5.74) is 6.73. The predicted molar refractivity (Wildman–Crippen MR) is 82.4 cm³/mol. The number of hydrogen-bond acceptors (Lipinski definition) is 2. The van der Waals surface area contributed by atoms with Gasteiger partial charge in [0.25, 0.3) is 0 Å². The van der Waals surface area contributed by atoms with Gasteiger partial charge in [0.1, 0.15) is 0 Å². The highest BCUT2D eigenvalue weighted by Crippen LogP contribution is 2.24. The van der Waals surface area contributed by atoms with E-state index < -0.39 is 0 Å². The minimum Gasteiger partial charge on any atom is -0.261 e. The van der Waals surface area contributed by atoms with Gasteiger partial charge in [0.05, 0.1) is 0 Å². The van der Waals surface area contributed by atoms with Crippen LogP contribution >= 0.6 is 0 Å². The molecule has 2 heterocycles. The van der Waals surface area contributed by atoms with Crippen LogP contribution in [-0.2, 0) is 0 Å². The predicted octanol–water partition coefficient (Wildman–Crippen LogP) is 4.43. The van der Waals surface area contributed by atoms with Crippen LogP contribution in [0.3, 0.4) is 0 Å². The summed E-state index contributed by atoms with van der Waals surface area (Å²) in [4.78, 5) is 8.67.